The predicted molar refractivity (Wildman–Crippen MR) is 110 cm³/mol. The molecule has 1 aromatic carbocycles. The molecule has 0 heterocycles. The van der Waals surface area contributed by atoms with Crippen LogP contribution in [-0.4, -0.2) is 5.78 Å². The first kappa shape index (κ1) is 21.7. The molecule has 1 nitrogen and oxygen atoms in total. The van der Waals surface area contributed by atoms with Gasteiger partial charge in [0.1, 0.15) is 5.78 Å². The smallest absolute Gasteiger partial charge is 0.136 e. The fraction of sp³-hybridized carbons (Fsp3) is 0.625. The number of hydrogen-bond donors (Lipinski definition) is 0. The Balaban J connectivity index is 1.80. The van der Waals surface area contributed by atoms with Crippen LogP contribution in [0.25, 0.3) is 0 Å². The van der Waals surface area contributed by atoms with E-state index < -0.39 is 0 Å². The van der Waals surface area contributed by atoms with Crippen molar-refractivity contribution in [1.82, 2.24) is 0 Å². The minimum Gasteiger partial charge on any atom is -0.299 e. The normalized spacial score (nSPS) is 12.0. The molecule has 0 saturated heterocycles. The maximum absolute atomic E-state index is 11.3. The van der Waals surface area contributed by atoms with Crippen molar-refractivity contribution in [2.24, 2.45) is 5.92 Å². The zero-order valence-electron chi connectivity index (χ0n) is 16.3. The van der Waals surface area contributed by atoms with Crippen LogP contribution < -0.4 is 0 Å². The molecule has 0 saturated carbocycles. The van der Waals surface area contributed by atoms with Crippen LogP contribution in [0.2, 0.25) is 0 Å². The minimum atomic E-state index is 0.0851. The second kappa shape index (κ2) is 14.9. The van der Waals surface area contributed by atoms with E-state index in [1.54, 1.807) is 6.92 Å². The average Bonchev–Trinajstić information content (AvgIpc) is 2.62. The molecule has 140 valence electrons. The Bertz CT molecular complexity index is 448. The number of carbonyl (C=O) groups is 1. The first-order valence-electron chi connectivity index (χ1n) is 10.4. The highest BCUT2D eigenvalue weighted by molar-refractivity contribution is 5.79. The van der Waals surface area contributed by atoms with E-state index in [1.165, 1.54) is 76.2 Å². The van der Waals surface area contributed by atoms with Gasteiger partial charge in [0.25, 0.3) is 0 Å². The molecular formula is C24H38O. The van der Waals surface area contributed by atoms with Gasteiger partial charge in [-0.05, 0) is 31.7 Å². The second-order valence-electron chi connectivity index (χ2n) is 7.37. The van der Waals surface area contributed by atoms with Crippen molar-refractivity contribution in [1.29, 1.82) is 0 Å². The van der Waals surface area contributed by atoms with Gasteiger partial charge in [-0.2, -0.15) is 0 Å². The summed E-state index contributed by atoms with van der Waals surface area (Å²) in [6.07, 6.45) is 18.8. The van der Waals surface area contributed by atoms with Crippen molar-refractivity contribution in [3.63, 3.8) is 0 Å². The van der Waals surface area contributed by atoms with E-state index in [0.29, 0.717) is 0 Å². The zero-order valence-corrected chi connectivity index (χ0v) is 16.3. The van der Waals surface area contributed by atoms with Crippen molar-refractivity contribution in [2.45, 2.75) is 90.4 Å². The Hall–Kier alpha value is -1.37. The van der Waals surface area contributed by atoms with E-state index >= 15 is 0 Å². The molecule has 1 heteroatoms. The lowest BCUT2D eigenvalue weighted by Crippen LogP contribution is -2.07. The molecule has 0 aliphatic rings. The summed E-state index contributed by atoms with van der Waals surface area (Å²) >= 11 is 0. The van der Waals surface area contributed by atoms with E-state index in [2.05, 4.69) is 36.9 Å². The molecule has 0 radical (unpaired) electrons. The lowest BCUT2D eigenvalue weighted by molar-refractivity contribution is -0.119. The highest BCUT2D eigenvalue weighted by Gasteiger charge is 2.08. The number of carbonyl (C=O) groups excluding carboxylic acids is 1. The molecule has 0 aromatic heterocycles. The summed E-state index contributed by atoms with van der Waals surface area (Å²) < 4.78 is 0. The molecule has 0 amide bonds. The first-order valence-corrected chi connectivity index (χ1v) is 10.4. The maximum Gasteiger partial charge on any atom is 0.136 e. The van der Waals surface area contributed by atoms with Gasteiger partial charge in [0.2, 0.25) is 0 Å². The third kappa shape index (κ3) is 11.8. The van der Waals surface area contributed by atoms with Crippen molar-refractivity contribution in [2.75, 3.05) is 0 Å². The molecule has 1 aromatic rings. The molecule has 0 aliphatic carbocycles. The lowest BCUT2D eigenvalue weighted by Gasteiger charge is -2.08. The van der Waals surface area contributed by atoms with Crippen LogP contribution in [0.5, 0.6) is 0 Å². The Labute approximate surface area is 155 Å². The van der Waals surface area contributed by atoms with Gasteiger partial charge in [0.05, 0.1) is 0 Å². The molecule has 1 atom stereocenters. The standard InChI is InChI=1S/C24H38O/c1-3-24(22(2)25)21-17-12-10-8-6-4-5-7-9-11-14-18-23-19-15-13-16-20-23/h3,13,15-16,19-20,24H,1,4-12,14,17-18,21H2,2H3. The summed E-state index contributed by atoms with van der Waals surface area (Å²) in [6, 6.07) is 10.8. The topological polar surface area (TPSA) is 17.1 Å². The number of ketones is 1. The van der Waals surface area contributed by atoms with Gasteiger partial charge in [-0.3, -0.25) is 4.79 Å². The summed E-state index contributed by atoms with van der Waals surface area (Å²) in [5.74, 6) is 0.348. The molecule has 0 bridgehead atoms. The fourth-order valence-corrected chi connectivity index (χ4v) is 3.42. The van der Waals surface area contributed by atoms with Gasteiger partial charge >= 0.3 is 0 Å². The van der Waals surface area contributed by atoms with Crippen molar-refractivity contribution in [3.05, 3.63) is 48.6 Å². The molecule has 25 heavy (non-hydrogen) atoms. The SMILES string of the molecule is C=CC(CCCCCCCCCCCCCc1ccccc1)C(C)=O. The molecular weight excluding hydrogens is 304 g/mol. The van der Waals surface area contributed by atoms with Crippen LogP contribution in [0.3, 0.4) is 0 Å². The minimum absolute atomic E-state index is 0.0851. The summed E-state index contributed by atoms with van der Waals surface area (Å²) in [4.78, 5) is 11.3. The van der Waals surface area contributed by atoms with E-state index in [9.17, 15) is 4.79 Å². The molecule has 0 spiro atoms. The molecule has 0 aliphatic heterocycles. The lowest BCUT2D eigenvalue weighted by atomic mass is 9.97. The average molecular weight is 343 g/mol. The van der Waals surface area contributed by atoms with Crippen LogP contribution >= 0.6 is 0 Å². The molecule has 0 N–H and O–H groups in total. The number of unbranched alkanes of at least 4 members (excludes halogenated alkanes) is 10. The summed E-state index contributed by atoms with van der Waals surface area (Å²) in [5.41, 5.74) is 1.48. The zero-order chi connectivity index (χ0) is 18.2. The van der Waals surface area contributed by atoms with Crippen LogP contribution in [0.15, 0.2) is 43.0 Å². The van der Waals surface area contributed by atoms with Crippen molar-refractivity contribution >= 4 is 5.78 Å². The van der Waals surface area contributed by atoms with Crippen LogP contribution in [0.1, 0.15) is 89.5 Å². The van der Waals surface area contributed by atoms with Gasteiger partial charge in [-0.1, -0.05) is 101 Å². The van der Waals surface area contributed by atoms with Crippen LogP contribution in [0.4, 0.5) is 0 Å². The number of rotatable bonds is 16. The monoisotopic (exact) mass is 342 g/mol. The van der Waals surface area contributed by atoms with E-state index in [4.69, 9.17) is 0 Å². The number of benzene rings is 1. The quantitative estimate of drug-likeness (QED) is 0.227. The number of Topliss-reactive ketones (excluding diaryl/α,β-unsaturated/α-hetero) is 1. The van der Waals surface area contributed by atoms with Crippen LogP contribution in [-0.2, 0) is 11.2 Å². The van der Waals surface area contributed by atoms with Crippen LogP contribution in [0, 0.1) is 5.92 Å². The highest BCUT2D eigenvalue weighted by atomic mass is 16.1. The van der Waals surface area contributed by atoms with Gasteiger partial charge in [0.15, 0.2) is 0 Å². The number of hydrogen-bond acceptors (Lipinski definition) is 1. The third-order valence-corrected chi connectivity index (χ3v) is 5.13. The van der Waals surface area contributed by atoms with Gasteiger partial charge in [0, 0.05) is 5.92 Å². The molecule has 1 rings (SSSR count). The summed E-state index contributed by atoms with van der Waals surface area (Å²) in [7, 11) is 0. The van der Waals surface area contributed by atoms with E-state index in [-0.39, 0.29) is 11.7 Å². The van der Waals surface area contributed by atoms with Crippen molar-refractivity contribution < 1.29 is 4.79 Å². The van der Waals surface area contributed by atoms with E-state index in [1.807, 2.05) is 6.08 Å². The summed E-state index contributed by atoms with van der Waals surface area (Å²) in [5, 5.41) is 0. The molecule has 1 unspecified atom stereocenters. The first-order chi connectivity index (χ1) is 12.2. The molecule has 0 fully saturated rings. The predicted octanol–water partition coefficient (Wildman–Crippen LogP) is 7.30. The summed E-state index contributed by atoms with van der Waals surface area (Å²) in [6.45, 7) is 5.43. The van der Waals surface area contributed by atoms with E-state index in [0.717, 1.165) is 12.8 Å². The fourth-order valence-electron chi connectivity index (χ4n) is 3.42. The Kier molecular flexibility index (Phi) is 12.9. The Morgan fingerprint density at radius 3 is 1.80 bits per heavy atom. The van der Waals surface area contributed by atoms with Crippen molar-refractivity contribution in [3.8, 4) is 0 Å². The Morgan fingerprint density at radius 2 is 1.32 bits per heavy atom. The Morgan fingerprint density at radius 1 is 0.840 bits per heavy atom. The third-order valence-electron chi connectivity index (χ3n) is 5.13. The van der Waals surface area contributed by atoms with Gasteiger partial charge < -0.3 is 0 Å². The maximum atomic E-state index is 11.3. The highest BCUT2D eigenvalue weighted by Crippen LogP contribution is 2.15. The second-order valence-corrected chi connectivity index (χ2v) is 7.37. The number of aryl methyl sites for hydroxylation is 1. The van der Waals surface area contributed by atoms with Gasteiger partial charge in [-0.25, -0.2) is 0 Å². The number of allylic oxidation sites excluding steroid dienone is 1. The largest absolute Gasteiger partial charge is 0.299 e. The van der Waals surface area contributed by atoms with Gasteiger partial charge in [-0.15, -0.1) is 6.58 Å².